The van der Waals surface area contributed by atoms with Crippen LogP contribution in [-0.4, -0.2) is 48.6 Å². The van der Waals surface area contributed by atoms with Crippen molar-refractivity contribution in [2.45, 2.75) is 102 Å². The number of unbranched alkanes of at least 4 members (excludes halogenated alkanes) is 2. The summed E-state index contributed by atoms with van der Waals surface area (Å²) < 4.78 is 0. The standard InChI is InChI=1S/C20H42N6/c1-7-9-11-19(21-13-14-22-19)17(3,4)25-26-18(5,6)20(12-10-8-2)23-15-16-24-20/h21-24H,7-16H2,1-6H3. The van der Waals surface area contributed by atoms with Gasteiger partial charge in [0.1, 0.15) is 11.1 Å². The highest BCUT2D eigenvalue weighted by molar-refractivity contribution is 5.10. The lowest BCUT2D eigenvalue weighted by Crippen LogP contribution is -2.64. The Balaban J connectivity index is 2.20. The van der Waals surface area contributed by atoms with Crippen molar-refractivity contribution in [3.05, 3.63) is 0 Å². The maximum atomic E-state index is 4.95. The van der Waals surface area contributed by atoms with Gasteiger partial charge in [0, 0.05) is 26.2 Å². The molecule has 2 rings (SSSR count). The van der Waals surface area contributed by atoms with Gasteiger partial charge in [-0.1, -0.05) is 39.5 Å². The van der Waals surface area contributed by atoms with Gasteiger partial charge in [0.2, 0.25) is 0 Å². The zero-order chi connectivity index (χ0) is 19.3. The second-order valence-corrected chi connectivity index (χ2v) is 9.04. The van der Waals surface area contributed by atoms with Crippen LogP contribution in [0.2, 0.25) is 0 Å². The predicted molar refractivity (Wildman–Crippen MR) is 110 cm³/mol. The number of hydrogen-bond donors (Lipinski definition) is 4. The van der Waals surface area contributed by atoms with Crippen LogP contribution < -0.4 is 21.3 Å². The van der Waals surface area contributed by atoms with Crippen LogP contribution in [-0.2, 0) is 0 Å². The minimum atomic E-state index is -0.305. The van der Waals surface area contributed by atoms with E-state index in [0.29, 0.717) is 0 Å². The summed E-state index contributed by atoms with van der Waals surface area (Å²) >= 11 is 0. The van der Waals surface area contributed by atoms with Crippen LogP contribution in [0.15, 0.2) is 10.2 Å². The minimum Gasteiger partial charge on any atom is -0.296 e. The molecule has 0 aromatic carbocycles. The van der Waals surface area contributed by atoms with Crippen LogP contribution in [0.25, 0.3) is 0 Å². The average molecular weight is 367 g/mol. The Hall–Kier alpha value is -0.560. The highest BCUT2D eigenvalue weighted by Crippen LogP contribution is 2.35. The molecule has 2 fully saturated rings. The zero-order valence-electron chi connectivity index (χ0n) is 18.0. The van der Waals surface area contributed by atoms with Crippen LogP contribution in [0.1, 0.15) is 80.1 Å². The third-order valence-electron chi connectivity index (χ3n) is 6.41. The lowest BCUT2D eigenvalue weighted by molar-refractivity contribution is 0.143. The first-order valence-corrected chi connectivity index (χ1v) is 10.7. The van der Waals surface area contributed by atoms with Crippen molar-refractivity contribution in [3.8, 4) is 0 Å². The van der Waals surface area contributed by atoms with Gasteiger partial charge >= 0.3 is 0 Å². The summed E-state index contributed by atoms with van der Waals surface area (Å²) in [5.74, 6) is 0. The summed E-state index contributed by atoms with van der Waals surface area (Å²) in [7, 11) is 0. The average Bonchev–Trinajstić information content (AvgIpc) is 3.28. The molecule has 2 aliphatic heterocycles. The molecule has 6 nitrogen and oxygen atoms in total. The van der Waals surface area contributed by atoms with Gasteiger partial charge in [-0.25, -0.2) is 0 Å². The molecule has 2 aliphatic rings. The van der Waals surface area contributed by atoms with E-state index in [0.717, 1.165) is 39.0 Å². The summed E-state index contributed by atoms with van der Waals surface area (Å²) in [6.45, 7) is 17.3. The molecule has 0 saturated carbocycles. The molecular weight excluding hydrogens is 324 g/mol. The Morgan fingerprint density at radius 3 is 1.23 bits per heavy atom. The molecule has 0 atom stereocenters. The maximum Gasteiger partial charge on any atom is 0.107 e. The zero-order valence-corrected chi connectivity index (χ0v) is 18.0. The second kappa shape index (κ2) is 8.63. The fourth-order valence-electron chi connectivity index (χ4n) is 4.36. The van der Waals surface area contributed by atoms with E-state index in [1.807, 2.05) is 0 Å². The molecule has 0 spiro atoms. The summed E-state index contributed by atoms with van der Waals surface area (Å²) in [5.41, 5.74) is -0.924. The summed E-state index contributed by atoms with van der Waals surface area (Å²) in [5, 5.41) is 24.7. The minimum absolute atomic E-state index is 0.157. The van der Waals surface area contributed by atoms with Crippen LogP contribution in [0, 0.1) is 0 Å². The first-order chi connectivity index (χ1) is 12.2. The number of nitrogens with zero attached hydrogens (tertiary/aromatic N) is 2. The van der Waals surface area contributed by atoms with Gasteiger partial charge < -0.3 is 0 Å². The molecule has 0 amide bonds. The van der Waals surface area contributed by atoms with Crippen molar-refractivity contribution in [2.24, 2.45) is 10.2 Å². The fourth-order valence-corrected chi connectivity index (χ4v) is 4.36. The Labute approximate surface area is 160 Å². The molecule has 26 heavy (non-hydrogen) atoms. The number of nitrogens with one attached hydrogen (secondary N) is 4. The number of azo groups is 1. The summed E-state index contributed by atoms with van der Waals surface area (Å²) in [4.78, 5) is 0. The van der Waals surface area contributed by atoms with Gasteiger partial charge in [-0.2, -0.15) is 10.2 Å². The van der Waals surface area contributed by atoms with Crippen molar-refractivity contribution < 1.29 is 0 Å². The van der Waals surface area contributed by atoms with Crippen molar-refractivity contribution in [2.75, 3.05) is 26.2 Å². The highest BCUT2D eigenvalue weighted by Gasteiger charge is 2.50. The predicted octanol–water partition coefficient (Wildman–Crippen LogP) is 3.15. The van der Waals surface area contributed by atoms with E-state index in [9.17, 15) is 0 Å². The van der Waals surface area contributed by atoms with Crippen molar-refractivity contribution >= 4 is 0 Å². The van der Waals surface area contributed by atoms with E-state index >= 15 is 0 Å². The van der Waals surface area contributed by atoms with Crippen molar-refractivity contribution in [1.29, 1.82) is 0 Å². The SMILES string of the molecule is CCCCC1(C(C)(C)N=NC(C)(C)C2(CCCC)NCCN2)NCCN1. The molecule has 152 valence electrons. The first-order valence-electron chi connectivity index (χ1n) is 10.7. The van der Waals surface area contributed by atoms with Crippen LogP contribution in [0.3, 0.4) is 0 Å². The lowest BCUT2D eigenvalue weighted by atomic mass is 9.83. The van der Waals surface area contributed by atoms with E-state index in [4.69, 9.17) is 10.2 Å². The molecule has 0 aliphatic carbocycles. The molecule has 4 N–H and O–H groups in total. The van der Waals surface area contributed by atoms with E-state index in [2.05, 4.69) is 62.8 Å². The van der Waals surface area contributed by atoms with Crippen LogP contribution in [0.4, 0.5) is 0 Å². The molecule has 2 saturated heterocycles. The Bertz CT molecular complexity index is 417. The van der Waals surface area contributed by atoms with Gasteiger partial charge in [0.25, 0.3) is 0 Å². The third kappa shape index (κ3) is 4.29. The van der Waals surface area contributed by atoms with Crippen LogP contribution in [0.5, 0.6) is 0 Å². The van der Waals surface area contributed by atoms with E-state index < -0.39 is 0 Å². The molecule has 0 unspecified atom stereocenters. The maximum absolute atomic E-state index is 4.95. The summed E-state index contributed by atoms with van der Waals surface area (Å²) in [6, 6.07) is 0. The van der Waals surface area contributed by atoms with Gasteiger partial charge in [-0.15, -0.1) is 0 Å². The second-order valence-electron chi connectivity index (χ2n) is 9.04. The molecule has 6 heteroatoms. The van der Waals surface area contributed by atoms with Gasteiger partial charge in [-0.3, -0.25) is 21.3 Å². The van der Waals surface area contributed by atoms with E-state index in [1.165, 1.54) is 25.7 Å². The van der Waals surface area contributed by atoms with Crippen molar-refractivity contribution in [3.63, 3.8) is 0 Å². The lowest BCUT2D eigenvalue weighted by Gasteiger charge is -2.44. The largest absolute Gasteiger partial charge is 0.296 e. The molecular formula is C20H42N6. The van der Waals surface area contributed by atoms with Gasteiger partial charge in [0.05, 0.1) is 11.3 Å². The van der Waals surface area contributed by atoms with Crippen molar-refractivity contribution in [1.82, 2.24) is 21.3 Å². The Kier molecular flexibility index (Phi) is 7.22. The monoisotopic (exact) mass is 366 g/mol. The highest BCUT2D eigenvalue weighted by atomic mass is 15.4. The molecule has 0 radical (unpaired) electrons. The molecule has 0 aromatic rings. The topological polar surface area (TPSA) is 72.8 Å². The Morgan fingerprint density at radius 1 is 0.654 bits per heavy atom. The normalized spacial score (nSPS) is 23.2. The Morgan fingerprint density at radius 2 is 0.962 bits per heavy atom. The smallest absolute Gasteiger partial charge is 0.107 e. The summed E-state index contributed by atoms with van der Waals surface area (Å²) in [6.07, 6.45) is 6.91. The fraction of sp³-hybridized carbons (Fsp3) is 1.00. The number of hydrogen-bond acceptors (Lipinski definition) is 6. The molecule has 0 aromatic heterocycles. The first kappa shape index (κ1) is 21.7. The molecule has 0 bridgehead atoms. The van der Waals surface area contributed by atoms with E-state index in [-0.39, 0.29) is 22.4 Å². The van der Waals surface area contributed by atoms with Crippen LogP contribution >= 0.6 is 0 Å². The quantitative estimate of drug-likeness (QED) is 0.448. The third-order valence-corrected chi connectivity index (χ3v) is 6.41. The number of rotatable bonds is 10. The molecule has 2 heterocycles. The van der Waals surface area contributed by atoms with Gasteiger partial charge in [0.15, 0.2) is 0 Å². The van der Waals surface area contributed by atoms with Gasteiger partial charge in [-0.05, 0) is 40.5 Å². The van der Waals surface area contributed by atoms with E-state index in [1.54, 1.807) is 0 Å².